The standard InChI is InChI=1S/C18H13Cl2N3O4/c1-10-13(7-11-3-6-17(27-2)16(8-11)23(25)26)18(24)22(21-10)12-4-5-14(19)15(20)9-12/h3-9H,1-2H3/b13-7-. The van der Waals surface area contributed by atoms with Gasteiger partial charge in [0, 0.05) is 6.07 Å². The summed E-state index contributed by atoms with van der Waals surface area (Å²) in [5.41, 5.74) is 1.56. The molecule has 0 aromatic heterocycles. The highest BCUT2D eigenvalue weighted by atomic mass is 35.5. The smallest absolute Gasteiger partial charge is 0.311 e. The van der Waals surface area contributed by atoms with Gasteiger partial charge in [0.05, 0.1) is 39.1 Å². The highest BCUT2D eigenvalue weighted by molar-refractivity contribution is 6.42. The van der Waals surface area contributed by atoms with Gasteiger partial charge >= 0.3 is 5.69 Å². The molecule has 138 valence electrons. The fraction of sp³-hybridized carbons (Fsp3) is 0.111. The number of anilines is 1. The van der Waals surface area contributed by atoms with E-state index in [1.54, 1.807) is 37.3 Å². The molecular weight excluding hydrogens is 393 g/mol. The molecule has 0 fully saturated rings. The molecule has 2 aromatic rings. The van der Waals surface area contributed by atoms with Crippen molar-refractivity contribution in [3.8, 4) is 5.75 Å². The minimum absolute atomic E-state index is 0.141. The number of hydrogen-bond donors (Lipinski definition) is 0. The van der Waals surface area contributed by atoms with Crippen LogP contribution in [0.4, 0.5) is 11.4 Å². The van der Waals surface area contributed by atoms with Crippen LogP contribution in [0.15, 0.2) is 47.1 Å². The highest BCUT2D eigenvalue weighted by Gasteiger charge is 2.29. The van der Waals surface area contributed by atoms with Crippen molar-refractivity contribution in [3.63, 3.8) is 0 Å². The van der Waals surface area contributed by atoms with Gasteiger partial charge in [-0.2, -0.15) is 10.1 Å². The lowest BCUT2D eigenvalue weighted by molar-refractivity contribution is -0.385. The number of nitro groups is 1. The average Bonchev–Trinajstić information content (AvgIpc) is 2.92. The summed E-state index contributed by atoms with van der Waals surface area (Å²) in [5.74, 6) is -0.230. The van der Waals surface area contributed by atoms with E-state index in [1.807, 2.05) is 0 Å². The van der Waals surface area contributed by atoms with Crippen molar-refractivity contribution >= 4 is 52.3 Å². The summed E-state index contributed by atoms with van der Waals surface area (Å²) < 4.78 is 4.99. The number of benzene rings is 2. The van der Waals surface area contributed by atoms with Crippen molar-refractivity contribution in [2.24, 2.45) is 5.10 Å². The predicted octanol–water partition coefficient (Wildman–Crippen LogP) is 4.72. The maximum atomic E-state index is 12.8. The second-order valence-corrected chi connectivity index (χ2v) is 6.46. The molecule has 3 rings (SSSR count). The zero-order chi connectivity index (χ0) is 19.7. The summed E-state index contributed by atoms with van der Waals surface area (Å²) in [6.07, 6.45) is 1.55. The summed E-state index contributed by atoms with van der Waals surface area (Å²) in [5, 5.41) is 17.3. The molecule has 9 heteroatoms. The van der Waals surface area contributed by atoms with Gasteiger partial charge in [-0.05, 0) is 42.8 Å². The number of nitrogens with zero attached hydrogens (tertiary/aromatic N) is 3. The Labute approximate surface area is 164 Å². The van der Waals surface area contributed by atoms with Crippen LogP contribution < -0.4 is 9.75 Å². The Kier molecular flexibility index (Phi) is 5.16. The topological polar surface area (TPSA) is 85.0 Å². The highest BCUT2D eigenvalue weighted by Crippen LogP contribution is 2.32. The summed E-state index contributed by atoms with van der Waals surface area (Å²) in [4.78, 5) is 23.4. The van der Waals surface area contributed by atoms with Gasteiger partial charge < -0.3 is 4.74 Å². The van der Waals surface area contributed by atoms with E-state index >= 15 is 0 Å². The fourth-order valence-corrected chi connectivity index (χ4v) is 2.87. The van der Waals surface area contributed by atoms with Gasteiger partial charge in [-0.1, -0.05) is 29.3 Å². The molecule has 0 atom stereocenters. The molecule has 2 aromatic carbocycles. The monoisotopic (exact) mass is 405 g/mol. The molecular formula is C18H13Cl2N3O4. The molecule has 0 bridgehead atoms. The molecule has 27 heavy (non-hydrogen) atoms. The van der Waals surface area contributed by atoms with Crippen molar-refractivity contribution in [1.29, 1.82) is 0 Å². The van der Waals surface area contributed by atoms with Gasteiger partial charge in [-0.3, -0.25) is 14.9 Å². The third-order valence-electron chi connectivity index (χ3n) is 3.92. The zero-order valence-electron chi connectivity index (χ0n) is 14.3. The molecule has 1 aliphatic rings. The van der Waals surface area contributed by atoms with Gasteiger partial charge in [0.1, 0.15) is 0 Å². The van der Waals surface area contributed by atoms with E-state index in [4.69, 9.17) is 27.9 Å². The summed E-state index contributed by atoms with van der Waals surface area (Å²) >= 11 is 11.9. The molecule has 0 radical (unpaired) electrons. The first-order chi connectivity index (χ1) is 12.8. The Balaban J connectivity index is 1.97. The van der Waals surface area contributed by atoms with Crippen LogP contribution in [0.5, 0.6) is 5.75 Å². The van der Waals surface area contributed by atoms with Crippen LogP contribution in [-0.4, -0.2) is 23.7 Å². The Morgan fingerprint density at radius 1 is 1.19 bits per heavy atom. The Hall–Kier alpha value is -2.90. The van der Waals surface area contributed by atoms with E-state index in [1.165, 1.54) is 24.3 Å². The third-order valence-corrected chi connectivity index (χ3v) is 4.66. The van der Waals surface area contributed by atoms with Gasteiger partial charge in [0.2, 0.25) is 0 Å². The lowest BCUT2D eigenvalue weighted by Crippen LogP contribution is -2.21. The summed E-state index contributed by atoms with van der Waals surface area (Å²) in [7, 11) is 1.35. The normalized spacial score (nSPS) is 15.3. The first kappa shape index (κ1) is 18.9. The van der Waals surface area contributed by atoms with Gasteiger partial charge in [-0.25, -0.2) is 0 Å². The van der Waals surface area contributed by atoms with Gasteiger partial charge in [0.15, 0.2) is 5.75 Å². The molecule has 0 aliphatic carbocycles. The number of methoxy groups -OCH3 is 1. The molecule has 1 amide bonds. The van der Waals surface area contributed by atoms with Crippen molar-refractivity contribution < 1.29 is 14.5 Å². The molecule has 1 aliphatic heterocycles. The summed E-state index contributed by atoms with van der Waals surface area (Å²) in [6.45, 7) is 1.68. The lowest BCUT2D eigenvalue weighted by Gasteiger charge is -2.12. The molecule has 7 nitrogen and oxygen atoms in total. The van der Waals surface area contributed by atoms with Crippen LogP contribution in [0, 0.1) is 10.1 Å². The van der Waals surface area contributed by atoms with Crippen LogP contribution >= 0.6 is 23.2 Å². The van der Waals surface area contributed by atoms with E-state index in [-0.39, 0.29) is 17.3 Å². The number of rotatable bonds is 4. The van der Waals surface area contributed by atoms with E-state index in [0.29, 0.717) is 32.6 Å². The maximum Gasteiger partial charge on any atom is 0.311 e. The molecule has 0 saturated carbocycles. The molecule has 0 N–H and O–H groups in total. The minimum Gasteiger partial charge on any atom is -0.490 e. The predicted molar refractivity (Wildman–Crippen MR) is 105 cm³/mol. The lowest BCUT2D eigenvalue weighted by atomic mass is 10.1. The van der Waals surface area contributed by atoms with Crippen LogP contribution in [0.1, 0.15) is 12.5 Å². The maximum absolute atomic E-state index is 12.8. The number of carbonyl (C=O) groups is 1. The first-order valence-electron chi connectivity index (χ1n) is 7.71. The second-order valence-electron chi connectivity index (χ2n) is 5.65. The molecule has 0 spiro atoms. The SMILES string of the molecule is COc1ccc(/C=C2\C(=O)N(c3ccc(Cl)c(Cl)c3)N=C2C)cc1[N+](=O)[O-]. The Morgan fingerprint density at radius 3 is 2.56 bits per heavy atom. The second kappa shape index (κ2) is 7.38. The minimum atomic E-state index is -0.541. The summed E-state index contributed by atoms with van der Waals surface area (Å²) in [6, 6.07) is 9.19. The number of halogens is 2. The largest absolute Gasteiger partial charge is 0.490 e. The van der Waals surface area contributed by atoms with Crippen molar-refractivity contribution in [3.05, 3.63) is 67.7 Å². The Morgan fingerprint density at radius 2 is 1.93 bits per heavy atom. The van der Waals surface area contributed by atoms with Gasteiger partial charge in [-0.15, -0.1) is 0 Å². The fourth-order valence-electron chi connectivity index (χ4n) is 2.58. The number of ether oxygens (including phenoxy) is 1. The Bertz CT molecular complexity index is 1020. The quantitative estimate of drug-likeness (QED) is 0.418. The van der Waals surface area contributed by atoms with Crippen molar-refractivity contribution in [2.45, 2.75) is 6.92 Å². The molecule has 0 unspecified atom stereocenters. The van der Waals surface area contributed by atoms with E-state index < -0.39 is 4.92 Å². The van der Waals surface area contributed by atoms with Gasteiger partial charge in [0.25, 0.3) is 5.91 Å². The first-order valence-corrected chi connectivity index (χ1v) is 8.46. The third kappa shape index (κ3) is 3.65. The average molecular weight is 406 g/mol. The van der Waals surface area contributed by atoms with E-state index in [2.05, 4.69) is 5.10 Å². The number of hydrazone groups is 1. The van der Waals surface area contributed by atoms with Crippen molar-refractivity contribution in [2.75, 3.05) is 12.1 Å². The number of amides is 1. The van der Waals surface area contributed by atoms with Crippen LogP contribution in [0.3, 0.4) is 0 Å². The zero-order valence-corrected chi connectivity index (χ0v) is 15.8. The molecule has 0 saturated heterocycles. The number of nitro benzene ring substituents is 1. The van der Waals surface area contributed by atoms with Crippen molar-refractivity contribution in [1.82, 2.24) is 0 Å². The van der Waals surface area contributed by atoms with E-state index in [9.17, 15) is 14.9 Å². The number of hydrogen-bond acceptors (Lipinski definition) is 5. The van der Waals surface area contributed by atoms with Crippen LogP contribution in [0.2, 0.25) is 10.0 Å². The van der Waals surface area contributed by atoms with Crippen LogP contribution in [0.25, 0.3) is 6.08 Å². The van der Waals surface area contributed by atoms with Crippen LogP contribution in [-0.2, 0) is 4.79 Å². The molecule has 1 heterocycles. The van der Waals surface area contributed by atoms with E-state index in [0.717, 1.165) is 0 Å². The number of carbonyl (C=O) groups excluding carboxylic acids is 1.